The minimum atomic E-state index is 0.00191. The molecule has 1 unspecified atom stereocenters. The fourth-order valence-corrected chi connectivity index (χ4v) is 2.70. The Balaban J connectivity index is 2.71. The Morgan fingerprint density at radius 2 is 1.71 bits per heavy atom. The molecule has 0 radical (unpaired) electrons. The van der Waals surface area contributed by atoms with Crippen molar-refractivity contribution in [2.45, 2.75) is 46.6 Å². The van der Waals surface area contributed by atoms with Crippen LogP contribution in [0.4, 0.5) is 0 Å². The maximum Gasteiger partial charge on any atom is 0.124 e. The Kier molecular flexibility index (Phi) is 8.40. The summed E-state index contributed by atoms with van der Waals surface area (Å²) in [4.78, 5) is 2.46. The third kappa shape index (κ3) is 5.68. The van der Waals surface area contributed by atoms with E-state index >= 15 is 0 Å². The van der Waals surface area contributed by atoms with E-state index in [4.69, 9.17) is 10.5 Å². The van der Waals surface area contributed by atoms with E-state index in [-0.39, 0.29) is 6.04 Å². The van der Waals surface area contributed by atoms with Gasteiger partial charge in [0.05, 0.1) is 6.61 Å². The molecule has 0 bridgehead atoms. The largest absolute Gasteiger partial charge is 0.494 e. The van der Waals surface area contributed by atoms with Crippen LogP contribution in [0, 0.1) is 5.92 Å². The van der Waals surface area contributed by atoms with Crippen molar-refractivity contribution in [2.75, 3.05) is 26.2 Å². The van der Waals surface area contributed by atoms with Crippen molar-refractivity contribution in [3.05, 3.63) is 29.8 Å². The topological polar surface area (TPSA) is 38.5 Å². The monoisotopic (exact) mass is 292 g/mol. The zero-order valence-corrected chi connectivity index (χ0v) is 14.1. The van der Waals surface area contributed by atoms with Gasteiger partial charge in [-0.15, -0.1) is 0 Å². The van der Waals surface area contributed by atoms with Crippen LogP contribution in [0.15, 0.2) is 24.3 Å². The summed E-state index contributed by atoms with van der Waals surface area (Å²) >= 11 is 0. The molecule has 3 heteroatoms. The molecule has 1 rings (SSSR count). The van der Waals surface area contributed by atoms with E-state index in [0.29, 0.717) is 6.61 Å². The van der Waals surface area contributed by atoms with Gasteiger partial charge < -0.3 is 15.4 Å². The van der Waals surface area contributed by atoms with Crippen molar-refractivity contribution in [1.82, 2.24) is 4.90 Å². The maximum absolute atomic E-state index is 6.44. The standard InChI is InChI=1S/C18H32N2O/c1-5-15(6-2)13-20(7-3)14-17(19)16-11-9-10-12-18(16)21-8-4/h9-12,15,17H,5-8,13-14,19H2,1-4H3. The first-order valence-electron chi connectivity index (χ1n) is 8.35. The lowest BCUT2D eigenvalue weighted by Crippen LogP contribution is -2.35. The lowest BCUT2D eigenvalue weighted by atomic mass is 10.0. The number of ether oxygens (including phenoxy) is 1. The molecular weight excluding hydrogens is 260 g/mol. The Labute approximate surface area is 130 Å². The van der Waals surface area contributed by atoms with Gasteiger partial charge in [-0.25, -0.2) is 0 Å². The Morgan fingerprint density at radius 3 is 2.29 bits per heavy atom. The number of nitrogens with two attached hydrogens (primary N) is 1. The van der Waals surface area contributed by atoms with Crippen molar-refractivity contribution >= 4 is 0 Å². The van der Waals surface area contributed by atoms with Crippen molar-refractivity contribution in [3.63, 3.8) is 0 Å². The summed E-state index contributed by atoms with van der Waals surface area (Å²) in [7, 11) is 0. The highest BCUT2D eigenvalue weighted by molar-refractivity contribution is 5.35. The fourth-order valence-electron chi connectivity index (χ4n) is 2.70. The van der Waals surface area contributed by atoms with Gasteiger partial charge in [0.2, 0.25) is 0 Å². The molecule has 0 aliphatic heterocycles. The number of benzene rings is 1. The minimum Gasteiger partial charge on any atom is -0.494 e. The van der Waals surface area contributed by atoms with E-state index < -0.39 is 0 Å². The molecular formula is C18H32N2O. The second-order valence-electron chi connectivity index (χ2n) is 5.61. The summed E-state index contributed by atoms with van der Waals surface area (Å²) in [5, 5.41) is 0. The Morgan fingerprint density at radius 1 is 1.05 bits per heavy atom. The highest BCUT2D eigenvalue weighted by atomic mass is 16.5. The van der Waals surface area contributed by atoms with Crippen LogP contribution in [-0.2, 0) is 0 Å². The van der Waals surface area contributed by atoms with Gasteiger partial charge in [-0.3, -0.25) is 0 Å². The number of rotatable bonds is 10. The van der Waals surface area contributed by atoms with E-state index in [1.54, 1.807) is 0 Å². The molecule has 0 aliphatic rings. The summed E-state index contributed by atoms with van der Waals surface area (Å²) in [5.74, 6) is 1.69. The quantitative estimate of drug-likeness (QED) is 0.712. The Bertz CT molecular complexity index is 391. The van der Waals surface area contributed by atoms with Gasteiger partial charge in [-0.05, 0) is 25.5 Å². The van der Waals surface area contributed by atoms with Gasteiger partial charge in [0, 0.05) is 24.7 Å². The third-order valence-electron chi connectivity index (χ3n) is 4.19. The van der Waals surface area contributed by atoms with Gasteiger partial charge in [0.15, 0.2) is 0 Å². The van der Waals surface area contributed by atoms with Crippen LogP contribution in [0.25, 0.3) is 0 Å². The molecule has 3 nitrogen and oxygen atoms in total. The summed E-state index contributed by atoms with van der Waals surface area (Å²) in [6.07, 6.45) is 2.47. The summed E-state index contributed by atoms with van der Waals surface area (Å²) in [6.45, 7) is 12.5. The van der Waals surface area contributed by atoms with Crippen LogP contribution in [0.3, 0.4) is 0 Å². The van der Waals surface area contributed by atoms with Crippen LogP contribution < -0.4 is 10.5 Å². The number of nitrogens with zero attached hydrogens (tertiary/aromatic N) is 1. The fraction of sp³-hybridized carbons (Fsp3) is 0.667. The van der Waals surface area contributed by atoms with Gasteiger partial charge in [-0.1, -0.05) is 51.8 Å². The summed E-state index contributed by atoms with van der Waals surface area (Å²) in [5.41, 5.74) is 7.55. The van der Waals surface area contributed by atoms with E-state index in [9.17, 15) is 0 Å². The zero-order chi connectivity index (χ0) is 15.7. The molecule has 0 spiro atoms. The average Bonchev–Trinajstić information content (AvgIpc) is 2.52. The minimum absolute atomic E-state index is 0.00191. The first-order valence-corrected chi connectivity index (χ1v) is 8.35. The smallest absolute Gasteiger partial charge is 0.124 e. The van der Waals surface area contributed by atoms with E-state index in [2.05, 4.69) is 31.7 Å². The van der Waals surface area contributed by atoms with Crippen LogP contribution in [0.1, 0.15) is 52.1 Å². The molecule has 120 valence electrons. The molecule has 0 amide bonds. The third-order valence-corrected chi connectivity index (χ3v) is 4.19. The van der Waals surface area contributed by atoms with Gasteiger partial charge in [0.1, 0.15) is 5.75 Å². The Hall–Kier alpha value is -1.06. The molecule has 0 saturated heterocycles. The molecule has 0 fully saturated rings. The van der Waals surface area contributed by atoms with E-state index in [1.807, 2.05) is 25.1 Å². The summed E-state index contributed by atoms with van der Waals surface area (Å²) < 4.78 is 5.70. The molecule has 1 aromatic carbocycles. The van der Waals surface area contributed by atoms with Crippen LogP contribution >= 0.6 is 0 Å². The zero-order valence-electron chi connectivity index (χ0n) is 14.1. The molecule has 0 aliphatic carbocycles. The lowest BCUT2D eigenvalue weighted by Gasteiger charge is -2.28. The normalized spacial score (nSPS) is 12.9. The molecule has 1 aromatic rings. The highest BCUT2D eigenvalue weighted by Gasteiger charge is 2.17. The van der Waals surface area contributed by atoms with Crippen molar-refractivity contribution in [2.24, 2.45) is 11.7 Å². The van der Waals surface area contributed by atoms with Gasteiger partial charge in [-0.2, -0.15) is 0 Å². The summed E-state index contributed by atoms with van der Waals surface area (Å²) in [6, 6.07) is 8.14. The average molecular weight is 292 g/mol. The molecule has 0 aromatic heterocycles. The SMILES string of the molecule is CCOc1ccccc1C(N)CN(CC)CC(CC)CC. The maximum atomic E-state index is 6.44. The van der Waals surface area contributed by atoms with Crippen LogP contribution in [-0.4, -0.2) is 31.1 Å². The van der Waals surface area contributed by atoms with Crippen molar-refractivity contribution in [3.8, 4) is 5.75 Å². The molecule has 0 saturated carbocycles. The number of para-hydroxylation sites is 1. The molecule has 0 heterocycles. The van der Waals surface area contributed by atoms with Gasteiger partial charge in [0.25, 0.3) is 0 Å². The van der Waals surface area contributed by atoms with Crippen molar-refractivity contribution < 1.29 is 4.74 Å². The highest BCUT2D eigenvalue weighted by Crippen LogP contribution is 2.24. The second-order valence-corrected chi connectivity index (χ2v) is 5.61. The van der Waals surface area contributed by atoms with Crippen LogP contribution in [0.5, 0.6) is 5.75 Å². The predicted octanol–water partition coefficient (Wildman–Crippen LogP) is 3.84. The number of hydrogen-bond acceptors (Lipinski definition) is 3. The molecule has 1 atom stereocenters. The molecule has 2 N–H and O–H groups in total. The van der Waals surface area contributed by atoms with Crippen molar-refractivity contribution in [1.29, 1.82) is 0 Å². The first-order chi connectivity index (χ1) is 10.2. The lowest BCUT2D eigenvalue weighted by molar-refractivity contribution is 0.220. The predicted molar refractivity (Wildman–Crippen MR) is 90.7 cm³/mol. The number of hydrogen-bond donors (Lipinski definition) is 1. The first kappa shape index (κ1) is 18.0. The second kappa shape index (κ2) is 9.80. The number of likely N-dealkylation sites (N-methyl/N-ethyl adjacent to an activating group) is 1. The van der Waals surface area contributed by atoms with Crippen LogP contribution in [0.2, 0.25) is 0 Å². The van der Waals surface area contributed by atoms with E-state index in [0.717, 1.165) is 36.9 Å². The van der Waals surface area contributed by atoms with Gasteiger partial charge >= 0.3 is 0 Å². The molecule has 21 heavy (non-hydrogen) atoms. The van der Waals surface area contributed by atoms with E-state index in [1.165, 1.54) is 12.8 Å².